The molecule has 6 nitrogen and oxygen atoms in total. The number of fused-ring (bicyclic) bond motifs is 2. The number of halogens is 4. The zero-order chi connectivity index (χ0) is 24.1. The fraction of sp³-hybridized carbons (Fsp3) is 0.261. The largest absolute Gasteiger partial charge is 0.462 e. The van der Waals surface area contributed by atoms with Gasteiger partial charge in [0.05, 0.1) is 15.3 Å². The standard InChI is InChI=1S/C23H17ClF3N5OS/c1-32-8-11(25)5-12(32)9-33-23-30-7-10-4-15(24)18(19(27)20(10)31-23)13-2-3-16(26)21-17(13)14(6-28)22(29)34-21/h2-4,7,11-12H,5,8-9,29H2,1H3/t11-,12+/m1/s1. The number of benzene rings is 2. The van der Waals surface area contributed by atoms with Gasteiger partial charge < -0.3 is 10.5 Å². The van der Waals surface area contributed by atoms with Crippen molar-refractivity contribution >= 4 is 48.9 Å². The van der Waals surface area contributed by atoms with Gasteiger partial charge in [-0.1, -0.05) is 17.7 Å². The number of hydrogen-bond donors (Lipinski definition) is 1. The van der Waals surface area contributed by atoms with Crippen molar-refractivity contribution in [3.8, 4) is 23.2 Å². The first-order valence-corrected chi connectivity index (χ1v) is 11.5. The molecule has 34 heavy (non-hydrogen) atoms. The van der Waals surface area contributed by atoms with E-state index in [1.165, 1.54) is 24.4 Å². The molecule has 2 N–H and O–H groups in total. The van der Waals surface area contributed by atoms with Crippen LogP contribution in [-0.4, -0.2) is 47.3 Å². The van der Waals surface area contributed by atoms with Gasteiger partial charge in [0, 0.05) is 35.1 Å². The molecule has 1 aliphatic rings. The van der Waals surface area contributed by atoms with Gasteiger partial charge in [0.2, 0.25) is 0 Å². The van der Waals surface area contributed by atoms with Gasteiger partial charge in [-0.25, -0.2) is 18.2 Å². The first-order chi connectivity index (χ1) is 16.3. The van der Waals surface area contributed by atoms with Crippen LogP contribution in [0, 0.1) is 23.0 Å². The lowest BCUT2D eigenvalue weighted by Crippen LogP contribution is -2.30. The molecule has 1 saturated heterocycles. The number of aromatic nitrogens is 2. The summed E-state index contributed by atoms with van der Waals surface area (Å²) in [5, 5.41) is 10.3. The number of anilines is 1. The van der Waals surface area contributed by atoms with Crippen molar-refractivity contribution in [1.82, 2.24) is 14.9 Å². The third-order valence-corrected chi connectivity index (χ3v) is 7.31. The summed E-state index contributed by atoms with van der Waals surface area (Å²) in [6.07, 6.45) is 0.801. The van der Waals surface area contributed by atoms with Crippen LogP contribution < -0.4 is 10.5 Å². The number of rotatable bonds is 4. The first kappa shape index (κ1) is 22.7. The van der Waals surface area contributed by atoms with Crippen LogP contribution in [0.5, 0.6) is 6.01 Å². The van der Waals surface area contributed by atoms with Crippen molar-refractivity contribution in [1.29, 1.82) is 5.26 Å². The van der Waals surface area contributed by atoms with Crippen molar-refractivity contribution in [3.63, 3.8) is 0 Å². The lowest BCUT2D eigenvalue weighted by Gasteiger charge is -2.18. The van der Waals surface area contributed by atoms with Crippen LogP contribution in [0.15, 0.2) is 24.4 Å². The zero-order valence-electron chi connectivity index (χ0n) is 17.8. The Morgan fingerprint density at radius 1 is 1.38 bits per heavy atom. The highest BCUT2D eigenvalue weighted by Gasteiger charge is 2.30. The molecule has 5 rings (SSSR count). The molecule has 0 amide bonds. The van der Waals surface area contributed by atoms with Crippen LogP contribution in [0.3, 0.4) is 0 Å². The predicted molar refractivity (Wildman–Crippen MR) is 126 cm³/mol. The monoisotopic (exact) mass is 503 g/mol. The van der Waals surface area contributed by atoms with Crippen molar-refractivity contribution in [2.75, 3.05) is 25.9 Å². The van der Waals surface area contributed by atoms with Gasteiger partial charge in [0.25, 0.3) is 0 Å². The molecule has 0 bridgehead atoms. The third kappa shape index (κ3) is 3.70. The quantitative estimate of drug-likeness (QED) is 0.405. The van der Waals surface area contributed by atoms with E-state index in [-0.39, 0.29) is 61.0 Å². The number of alkyl halides is 1. The van der Waals surface area contributed by atoms with E-state index in [0.717, 1.165) is 11.3 Å². The van der Waals surface area contributed by atoms with Gasteiger partial charge >= 0.3 is 6.01 Å². The fourth-order valence-corrected chi connectivity index (χ4v) is 5.54. The Hall–Kier alpha value is -3.13. The summed E-state index contributed by atoms with van der Waals surface area (Å²) >= 11 is 7.34. The summed E-state index contributed by atoms with van der Waals surface area (Å²) in [7, 11) is 1.80. The first-order valence-electron chi connectivity index (χ1n) is 10.3. The molecule has 0 unspecified atom stereocenters. The van der Waals surface area contributed by atoms with E-state index >= 15 is 4.39 Å². The predicted octanol–water partition coefficient (Wildman–Crippen LogP) is 5.32. The van der Waals surface area contributed by atoms with Crippen molar-refractivity contribution in [2.24, 2.45) is 0 Å². The molecule has 0 saturated carbocycles. The topological polar surface area (TPSA) is 88.1 Å². The Balaban J connectivity index is 1.61. The molecular formula is C23H17ClF3N5OS. The average molecular weight is 504 g/mol. The van der Waals surface area contributed by atoms with Gasteiger partial charge in [-0.3, -0.25) is 4.90 Å². The third-order valence-electron chi connectivity index (χ3n) is 5.98. The van der Waals surface area contributed by atoms with E-state index in [9.17, 15) is 14.0 Å². The lowest BCUT2D eigenvalue weighted by atomic mass is 9.97. The number of nitrogens with zero attached hydrogens (tertiary/aromatic N) is 4. The van der Waals surface area contributed by atoms with Crippen molar-refractivity contribution in [2.45, 2.75) is 18.6 Å². The smallest absolute Gasteiger partial charge is 0.317 e. The highest BCUT2D eigenvalue weighted by atomic mass is 35.5. The van der Waals surface area contributed by atoms with Gasteiger partial charge in [-0.05, 0) is 31.2 Å². The highest BCUT2D eigenvalue weighted by Crippen LogP contribution is 2.44. The number of nitrogens with two attached hydrogens (primary N) is 1. The van der Waals surface area contributed by atoms with Crippen LogP contribution in [0.2, 0.25) is 5.02 Å². The fourth-order valence-electron chi connectivity index (χ4n) is 4.29. The lowest BCUT2D eigenvalue weighted by molar-refractivity contribution is 0.188. The summed E-state index contributed by atoms with van der Waals surface area (Å²) in [4.78, 5) is 10.2. The van der Waals surface area contributed by atoms with Gasteiger partial charge in [-0.2, -0.15) is 10.2 Å². The minimum atomic E-state index is -0.921. The molecule has 0 radical (unpaired) electrons. The molecular weight excluding hydrogens is 487 g/mol. The number of ether oxygens (including phenoxy) is 1. The Bertz CT molecular complexity index is 1490. The molecule has 1 aliphatic heterocycles. The number of likely N-dealkylation sites (tertiary alicyclic amines) is 1. The molecule has 2 aromatic heterocycles. The molecule has 11 heteroatoms. The van der Waals surface area contributed by atoms with Crippen LogP contribution in [0.25, 0.3) is 32.1 Å². The second-order valence-corrected chi connectivity index (χ2v) is 9.59. The van der Waals surface area contributed by atoms with Gasteiger partial charge in [0.1, 0.15) is 35.2 Å². The molecule has 1 fully saturated rings. The molecule has 0 spiro atoms. The Labute approximate surface area is 201 Å². The van der Waals surface area contributed by atoms with E-state index in [4.69, 9.17) is 22.1 Å². The van der Waals surface area contributed by atoms with E-state index in [1.54, 1.807) is 7.05 Å². The minimum absolute atomic E-state index is 0.0334. The van der Waals surface area contributed by atoms with Crippen LogP contribution in [-0.2, 0) is 0 Å². The van der Waals surface area contributed by atoms with Gasteiger partial charge in [0.15, 0.2) is 5.82 Å². The summed E-state index contributed by atoms with van der Waals surface area (Å²) in [6, 6.07) is 5.81. The SMILES string of the molecule is CN1C[C@H](F)C[C@H]1COc1ncc2cc(Cl)c(-c3ccc(F)c4sc(N)c(C#N)c34)c(F)c2n1. The molecule has 2 aromatic carbocycles. The van der Waals surface area contributed by atoms with Crippen LogP contribution >= 0.6 is 22.9 Å². The Kier molecular flexibility index (Phi) is 5.72. The molecule has 3 heterocycles. The van der Waals surface area contributed by atoms with E-state index < -0.39 is 17.8 Å². The van der Waals surface area contributed by atoms with Crippen LogP contribution in [0.4, 0.5) is 18.2 Å². The number of hydrogen-bond acceptors (Lipinski definition) is 7. The van der Waals surface area contributed by atoms with Crippen LogP contribution in [0.1, 0.15) is 12.0 Å². The number of nitriles is 1. The molecule has 4 aromatic rings. The van der Waals surface area contributed by atoms with E-state index in [1.807, 2.05) is 11.0 Å². The Morgan fingerprint density at radius 3 is 2.88 bits per heavy atom. The second kappa shape index (κ2) is 8.58. The maximum atomic E-state index is 15.8. The van der Waals surface area contributed by atoms with Crippen molar-refractivity contribution in [3.05, 3.63) is 46.6 Å². The molecule has 0 aliphatic carbocycles. The van der Waals surface area contributed by atoms with Gasteiger partial charge in [-0.15, -0.1) is 11.3 Å². The Morgan fingerprint density at radius 2 is 2.18 bits per heavy atom. The number of thiophene rings is 1. The molecule has 2 atom stereocenters. The minimum Gasteiger partial charge on any atom is -0.462 e. The number of nitrogen functional groups attached to an aromatic ring is 1. The van der Waals surface area contributed by atoms with E-state index in [0.29, 0.717) is 18.4 Å². The summed E-state index contributed by atoms with van der Waals surface area (Å²) < 4.78 is 49.6. The maximum absolute atomic E-state index is 15.8. The van der Waals surface area contributed by atoms with E-state index in [2.05, 4.69) is 9.97 Å². The number of likely N-dealkylation sites (N-methyl/N-ethyl adjacent to an activating group) is 1. The maximum Gasteiger partial charge on any atom is 0.317 e. The summed E-state index contributed by atoms with van der Waals surface area (Å²) in [5.74, 6) is -1.34. The average Bonchev–Trinajstić information content (AvgIpc) is 3.31. The summed E-state index contributed by atoms with van der Waals surface area (Å²) in [5.41, 5.74) is 6.11. The zero-order valence-corrected chi connectivity index (χ0v) is 19.4. The summed E-state index contributed by atoms with van der Waals surface area (Å²) in [6.45, 7) is 0.482. The molecule has 174 valence electrons. The normalized spacial score (nSPS) is 18.6. The second-order valence-electron chi connectivity index (χ2n) is 8.13. The highest BCUT2D eigenvalue weighted by molar-refractivity contribution is 7.23. The van der Waals surface area contributed by atoms with Crippen molar-refractivity contribution < 1.29 is 17.9 Å².